The minimum absolute atomic E-state index is 0.0110. The van der Waals surface area contributed by atoms with Crippen molar-refractivity contribution < 1.29 is 14.6 Å². The molecule has 4 nitrogen and oxygen atoms in total. The summed E-state index contributed by atoms with van der Waals surface area (Å²) < 4.78 is 10.8. The minimum Gasteiger partial charge on any atom is -0.389 e. The van der Waals surface area contributed by atoms with E-state index in [0.717, 1.165) is 26.1 Å². The zero-order chi connectivity index (χ0) is 12.0. The van der Waals surface area contributed by atoms with Crippen LogP contribution in [-0.4, -0.2) is 49.2 Å². The SMILES string of the molecule is CC(C)OCC(O)CNC1(C)CCCOC1. The van der Waals surface area contributed by atoms with E-state index in [1.165, 1.54) is 0 Å². The molecular formula is C12H25NO3. The normalized spacial score (nSPS) is 28.3. The Hall–Kier alpha value is -0.160. The standard InChI is InChI=1S/C12H25NO3/c1-10(2)16-8-11(14)7-13-12(3)5-4-6-15-9-12/h10-11,13-14H,4-9H2,1-3H3. The van der Waals surface area contributed by atoms with Crippen molar-refractivity contribution in [1.29, 1.82) is 0 Å². The Balaban J connectivity index is 2.17. The van der Waals surface area contributed by atoms with Crippen LogP contribution in [-0.2, 0) is 9.47 Å². The van der Waals surface area contributed by atoms with E-state index in [0.29, 0.717) is 13.2 Å². The summed E-state index contributed by atoms with van der Waals surface area (Å²) in [6.07, 6.45) is 1.91. The molecule has 1 fully saturated rings. The lowest BCUT2D eigenvalue weighted by atomic mass is 9.95. The van der Waals surface area contributed by atoms with Crippen molar-refractivity contribution in [3.05, 3.63) is 0 Å². The molecule has 0 aromatic heterocycles. The lowest BCUT2D eigenvalue weighted by Gasteiger charge is -2.35. The van der Waals surface area contributed by atoms with E-state index < -0.39 is 6.10 Å². The van der Waals surface area contributed by atoms with Crippen LogP contribution >= 0.6 is 0 Å². The Morgan fingerprint density at radius 3 is 2.81 bits per heavy atom. The predicted molar refractivity (Wildman–Crippen MR) is 63.6 cm³/mol. The quantitative estimate of drug-likeness (QED) is 0.714. The van der Waals surface area contributed by atoms with Gasteiger partial charge in [0.15, 0.2) is 0 Å². The number of β-amino-alcohol motifs (C(OH)–C–C–N with tert-alkyl or cyclic N) is 1. The maximum Gasteiger partial charge on any atom is 0.0898 e. The molecule has 0 saturated carbocycles. The summed E-state index contributed by atoms with van der Waals surface area (Å²) in [5, 5.41) is 13.1. The van der Waals surface area contributed by atoms with E-state index in [4.69, 9.17) is 9.47 Å². The highest BCUT2D eigenvalue weighted by molar-refractivity contribution is 4.86. The molecule has 0 aliphatic carbocycles. The lowest BCUT2D eigenvalue weighted by molar-refractivity contribution is -0.00860. The summed E-state index contributed by atoms with van der Waals surface area (Å²) in [4.78, 5) is 0. The van der Waals surface area contributed by atoms with E-state index in [-0.39, 0.29) is 11.6 Å². The van der Waals surface area contributed by atoms with Crippen LogP contribution in [0.1, 0.15) is 33.6 Å². The van der Waals surface area contributed by atoms with Gasteiger partial charge in [-0.3, -0.25) is 0 Å². The first-order chi connectivity index (χ1) is 7.52. The number of ether oxygens (including phenoxy) is 2. The molecule has 1 aliphatic rings. The van der Waals surface area contributed by atoms with E-state index in [2.05, 4.69) is 12.2 Å². The van der Waals surface area contributed by atoms with Gasteiger partial charge in [-0.25, -0.2) is 0 Å². The lowest BCUT2D eigenvalue weighted by Crippen LogP contribution is -2.51. The average Bonchev–Trinajstić information content (AvgIpc) is 2.25. The summed E-state index contributed by atoms with van der Waals surface area (Å²) in [5.74, 6) is 0. The van der Waals surface area contributed by atoms with Crippen LogP contribution in [0.5, 0.6) is 0 Å². The number of hydrogen-bond donors (Lipinski definition) is 2. The van der Waals surface area contributed by atoms with E-state index in [9.17, 15) is 5.11 Å². The molecule has 1 aliphatic heterocycles. The fourth-order valence-electron chi connectivity index (χ4n) is 1.80. The monoisotopic (exact) mass is 231 g/mol. The fraction of sp³-hybridized carbons (Fsp3) is 1.00. The molecule has 0 spiro atoms. The maximum atomic E-state index is 9.71. The second kappa shape index (κ2) is 6.55. The van der Waals surface area contributed by atoms with E-state index >= 15 is 0 Å². The molecule has 16 heavy (non-hydrogen) atoms. The van der Waals surface area contributed by atoms with E-state index in [1.807, 2.05) is 13.8 Å². The van der Waals surface area contributed by atoms with E-state index in [1.54, 1.807) is 0 Å². The van der Waals surface area contributed by atoms with Gasteiger partial charge in [0.1, 0.15) is 0 Å². The fourth-order valence-corrected chi connectivity index (χ4v) is 1.80. The van der Waals surface area contributed by atoms with Crippen LogP contribution in [0, 0.1) is 0 Å². The molecule has 2 N–H and O–H groups in total. The van der Waals surface area contributed by atoms with Gasteiger partial charge >= 0.3 is 0 Å². The zero-order valence-electron chi connectivity index (χ0n) is 10.7. The Morgan fingerprint density at radius 1 is 1.50 bits per heavy atom. The molecule has 96 valence electrons. The molecule has 1 heterocycles. The van der Waals surface area contributed by atoms with Crippen molar-refractivity contribution in [3.63, 3.8) is 0 Å². The van der Waals surface area contributed by atoms with Gasteiger partial charge < -0.3 is 19.9 Å². The summed E-state index contributed by atoms with van der Waals surface area (Å²) >= 11 is 0. The van der Waals surface area contributed by atoms with Crippen LogP contribution in [0.4, 0.5) is 0 Å². The molecule has 0 amide bonds. The third-order valence-corrected chi connectivity index (χ3v) is 2.82. The van der Waals surface area contributed by atoms with Crippen molar-refractivity contribution in [2.45, 2.75) is 51.4 Å². The van der Waals surface area contributed by atoms with Gasteiger partial charge in [0.25, 0.3) is 0 Å². The highest BCUT2D eigenvalue weighted by Gasteiger charge is 2.27. The molecular weight excluding hydrogens is 206 g/mol. The third kappa shape index (κ3) is 5.25. The minimum atomic E-state index is -0.443. The van der Waals surface area contributed by atoms with Gasteiger partial charge in [0, 0.05) is 18.7 Å². The first-order valence-electron chi connectivity index (χ1n) is 6.14. The smallest absolute Gasteiger partial charge is 0.0898 e. The van der Waals surface area contributed by atoms with Crippen LogP contribution in [0.3, 0.4) is 0 Å². The van der Waals surface area contributed by atoms with Gasteiger partial charge in [-0.05, 0) is 33.6 Å². The van der Waals surface area contributed by atoms with Gasteiger partial charge in [0.2, 0.25) is 0 Å². The molecule has 1 saturated heterocycles. The van der Waals surface area contributed by atoms with Gasteiger partial charge in [0.05, 0.1) is 25.4 Å². The summed E-state index contributed by atoms with van der Waals surface area (Å²) in [5.41, 5.74) is 0.0110. The topological polar surface area (TPSA) is 50.7 Å². The van der Waals surface area contributed by atoms with Crippen molar-refractivity contribution in [3.8, 4) is 0 Å². The largest absolute Gasteiger partial charge is 0.389 e. The molecule has 0 radical (unpaired) electrons. The van der Waals surface area contributed by atoms with Crippen LogP contribution in [0.15, 0.2) is 0 Å². The highest BCUT2D eigenvalue weighted by atomic mass is 16.5. The Morgan fingerprint density at radius 2 is 2.25 bits per heavy atom. The predicted octanol–water partition coefficient (Wildman–Crippen LogP) is 0.931. The Kier molecular flexibility index (Phi) is 5.69. The molecule has 4 heteroatoms. The third-order valence-electron chi connectivity index (χ3n) is 2.82. The first kappa shape index (κ1) is 13.9. The average molecular weight is 231 g/mol. The zero-order valence-corrected chi connectivity index (χ0v) is 10.7. The molecule has 0 aromatic rings. The van der Waals surface area contributed by atoms with Gasteiger partial charge in [-0.15, -0.1) is 0 Å². The number of rotatable bonds is 6. The summed E-state index contributed by atoms with van der Waals surface area (Å²) in [6, 6.07) is 0. The number of nitrogens with one attached hydrogen (secondary N) is 1. The van der Waals surface area contributed by atoms with Gasteiger partial charge in [-0.1, -0.05) is 0 Å². The first-order valence-corrected chi connectivity index (χ1v) is 6.14. The van der Waals surface area contributed by atoms with Crippen LogP contribution in [0.25, 0.3) is 0 Å². The molecule has 0 bridgehead atoms. The number of aliphatic hydroxyl groups is 1. The molecule has 1 rings (SSSR count). The summed E-state index contributed by atoms with van der Waals surface area (Å²) in [7, 11) is 0. The Labute approximate surface area is 98.3 Å². The van der Waals surface area contributed by atoms with Crippen molar-refractivity contribution in [2.75, 3.05) is 26.4 Å². The second-order valence-electron chi connectivity index (χ2n) is 5.13. The maximum absolute atomic E-state index is 9.71. The number of hydrogen-bond acceptors (Lipinski definition) is 4. The highest BCUT2D eigenvalue weighted by Crippen LogP contribution is 2.17. The van der Waals surface area contributed by atoms with Crippen LogP contribution < -0.4 is 5.32 Å². The van der Waals surface area contributed by atoms with Crippen LogP contribution in [0.2, 0.25) is 0 Å². The van der Waals surface area contributed by atoms with Gasteiger partial charge in [-0.2, -0.15) is 0 Å². The molecule has 2 unspecified atom stereocenters. The van der Waals surface area contributed by atoms with Crippen molar-refractivity contribution >= 4 is 0 Å². The Bertz CT molecular complexity index is 191. The van der Waals surface area contributed by atoms with Crippen molar-refractivity contribution in [1.82, 2.24) is 5.32 Å². The second-order valence-corrected chi connectivity index (χ2v) is 5.13. The molecule has 0 aromatic carbocycles. The summed E-state index contributed by atoms with van der Waals surface area (Å²) in [6.45, 7) is 8.62. The number of aliphatic hydroxyl groups excluding tert-OH is 1. The molecule has 2 atom stereocenters. The van der Waals surface area contributed by atoms with Crippen molar-refractivity contribution in [2.24, 2.45) is 0 Å².